The van der Waals surface area contributed by atoms with Crippen LogP contribution >= 0.6 is 0 Å². The van der Waals surface area contributed by atoms with Crippen molar-refractivity contribution in [1.82, 2.24) is 10.2 Å². The first-order valence-electron chi connectivity index (χ1n) is 8.55. The van der Waals surface area contributed by atoms with E-state index in [-0.39, 0.29) is 5.91 Å². The maximum absolute atomic E-state index is 12.3. The number of hydrogen-bond donors (Lipinski definition) is 2. The number of rotatable bonds is 2. The van der Waals surface area contributed by atoms with Gasteiger partial charge in [0.25, 0.3) is 5.91 Å². The van der Waals surface area contributed by atoms with Crippen molar-refractivity contribution in [1.29, 1.82) is 0 Å². The highest BCUT2D eigenvalue weighted by molar-refractivity contribution is 5.94. The van der Waals surface area contributed by atoms with E-state index in [0.717, 1.165) is 24.2 Å². The first-order chi connectivity index (χ1) is 11.6. The third kappa shape index (κ3) is 2.47. The van der Waals surface area contributed by atoms with Gasteiger partial charge in [-0.1, -0.05) is 30.3 Å². The summed E-state index contributed by atoms with van der Waals surface area (Å²) < 4.78 is 0. The minimum absolute atomic E-state index is 0.0533. The van der Waals surface area contributed by atoms with Gasteiger partial charge >= 0.3 is 0 Å². The Balaban J connectivity index is 1.74. The largest absolute Gasteiger partial charge is 0.378 e. The number of fused-ring (bicyclic) bond motifs is 3. The number of anilines is 1. The first-order valence-corrected chi connectivity index (χ1v) is 8.55. The normalized spacial score (nSPS) is 24.7. The van der Waals surface area contributed by atoms with Gasteiger partial charge in [0.2, 0.25) is 0 Å². The highest BCUT2D eigenvalue weighted by Gasteiger charge is 2.40. The molecule has 0 spiro atoms. The standard InChI is InChI=1S/C20H23N3O/c1-23(2)20(24)14-8-9-17-16(12-14)19-15(10-11-21-19)18(22-17)13-6-4-3-5-7-13/h3-9,12,15,18-19,21-22H,10-11H2,1-2H3/t15-,18?,19-/m0/s1. The molecule has 4 heteroatoms. The van der Waals surface area contributed by atoms with Crippen LogP contribution in [0.2, 0.25) is 0 Å². The molecule has 3 atom stereocenters. The summed E-state index contributed by atoms with van der Waals surface area (Å²) in [5.41, 5.74) is 4.44. The van der Waals surface area contributed by atoms with Gasteiger partial charge in [0.15, 0.2) is 0 Å². The molecule has 2 aliphatic heterocycles. The Morgan fingerprint density at radius 2 is 1.88 bits per heavy atom. The Kier molecular flexibility index (Phi) is 3.77. The van der Waals surface area contributed by atoms with E-state index in [9.17, 15) is 4.79 Å². The zero-order valence-corrected chi connectivity index (χ0v) is 14.1. The van der Waals surface area contributed by atoms with Gasteiger partial charge in [0, 0.05) is 37.3 Å². The SMILES string of the molecule is CN(C)C(=O)c1ccc2c(c1)[C@H]1NCC[C@H]1C(c1ccccc1)N2. The van der Waals surface area contributed by atoms with Gasteiger partial charge in [-0.25, -0.2) is 0 Å². The average molecular weight is 321 g/mol. The predicted molar refractivity (Wildman–Crippen MR) is 96.1 cm³/mol. The Bertz CT molecular complexity index is 757. The third-order valence-corrected chi connectivity index (χ3v) is 5.21. The molecule has 0 radical (unpaired) electrons. The summed E-state index contributed by atoms with van der Waals surface area (Å²) in [6, 6.07) is 17.3. The quantitative estimate of drug-likeness (QED) is 0.893. The number of carbonyl (C=O) groups excluding carboxylic acids is 1. The van der Waals surface area contributed by atoms with Crippen molar-refractivity contribution in [3.05, 3.63) is 65.2 Å². The molecule has 2 aliphatic rings. The zero-order chi connectivity index (χ0) is 16.7. The molecule has 124 valence electrons. The third-order valence-electron chi connectivity index (χ3n) is 5.21. The van der Waals surface area contributed by atoms with Crippen molar-refractivity contribution in [2.75, 3.05) is 26.0 Å². The molecular weight excluding hydrogens is 298 g/mol. The summed E-state index contributed by atoms with van der Waals surface area (Å²) in [6.45, 7) is 1.02. The molecule has 2 heterocycles. The molecule has 0 aliphatic carbocycles. The first kappa shape index (κ1) is 15.2. The Morgan fingerprint density at radius 1 is 1.08 bits per heavy atom. The molecule has 4 rings (SSSR count). The highest BCUT2D eigenvalue weighted by Crippen LogP contribution is 2.47. The van der Waals surface area contributed by atoms with E-state index in [2.05, 4.69) is 53.1 Å². The number of carbonyl (C=O) groups is 1. The second-order valence-corrected chi connectivity index (χ2v) is 6.92. The molecule has 0 aromatic heterocycles. The molecule has 4 nitrogen and oxygen atoms in total. The topological polar surface area (TPSA) is 44.4 Å². The van der Waals surface area contributed by atoms with E-state index in [1.807, 2.05) is 6.07 Å². The second kappa shape index (κ2) is 5.95. The molecule has 1 amide bonds. The molecule has 2 aromatic rings. The fraction of sp³-hybridized carbons (Fsp3) is 0.350. The van der Waals surface area contributed by atoms with Gasteiger partial charge in [-0.2, -0.15) is 0 Å². The molecule has 0 bridgehead atoms. The van der Waals surface area contributed by atoms with Crippen molar-refractivity contribution in [2.24, 2.45) is 5.92 Å². The van der Waals surface area contributed by atoms with Crippen LogP contribution in [-0.4, -0.2) is 31.4 Å². The van der Waals surface area contributed by atoms with Crippen LogP contribution in [0.5, 0.6) is 0 Å². The van der Waals surface area contributed by atoms with Crippen LogP contribution < -0.4 is 10.6 Å². The van der Waals surface area contributed by atoms with Gasteiger partial charge in [-0.05, 0) is 42.3 Å². The lowest BCUT2D eigenvalue weighted by Crippen LogP contribution is -2.33. The summed E-state index contributed by atoms with van der Waals surface area (Å²) in [5.74, 6) is 0.558. The van der Waals surface area contributed by atoms with Gasteiger partial charge < -0.3 is 15.5 Å². The van der Waals surface area contributed by atoms with Gasteiger partial charge in [-0.3, -0.25) is 4.79 Å². The van der Waals surface area contributed by atoms with Crippen LogP contribution in [0.1, 0.15) is 40.0 Å². The lowest BCUT2D eigenvalue weighted by Gasteiger charge is -2.37. The highest BCUT2D eigenvalue weighted by atomic mass is 16.2. The number of nitrogens with one attached hydrogen (secondary N) is 2. The van der Waals surface area contributed by atoms with E-state index in [0.29, 0.717) is 18.0 Å². The lowest BCUT2D eigenvalue weighted by molar-refractivity contribution is 0.0827. The number of benzene rings is 2. The molecule has 24 heavy (non-hydrogen) atoms. The fourth-order valence-electron chi connectivity index (χ4n) is 4.03. The van der Waals surface area contributed by atoms with E-state index < -0.39 is 0 Å². The molecule has 1 fully saturated rings. The minimum Gasteiger partial charge on any atom is -0.378 e. The number of nitrogens with zero attached hydrogens (tertiary/aromatic N) is 1. The summed E-state index contributed by atoms with van der Waals surface area (Å²) >= 11 is 0. The maximum Gasteiger partial charge on any atom is 0.253 e. The minimum atomic E-state index is 0.0533. The summed E-state index contributed by atoms with van der Waals surface area (Å²) in [5, 5.41) is 7.36. The van der Waals surface area contributed by atoms with Crippen molar-refractivity contribution in [3.63, 3.8) is 0 Å². The Hall–Kier alpha value is -2.33. The van der Waals surface area contributed by atoms with Gasteiger partial charge in [0.05, 0.1) is 6.04 Å². The Morgan fingerprint density at radius 3 is 2.62 bits per heavy atom. The van der Waals surface area contributed by atoms with E-state index in [1.54, 1.807) is 19.0 Å². The van der Waals surface area contributed by atoms with Crippen LogP contribution in [0.15, 0.2) is 48.5 Å². The Labute approximate surface area is 142 Å². The van der Waals surface area contributed by atoms with E-state index >= 15 is 0 Å². The van der Waals surface area contributed by atoms with Crippen molar-refractivity contribution in [3.8, 4) is 0 Å². The summed E-state index contributed by atoms with van der Waals surface area (Å²) in [4.78, 5) is 13.9. The van der Waals surface area contributed by atoms with E-state index in [4.69, 9.17) is 0 Å². The van der Waals surface area contributed by atoms with Crippen LogP contribution in [-0.2, 0) is 0 Å². The second-order valence-electron chi connectivity index (χ2n) is 6.92. The number of hydrogen-bond acceptors (Lipinski definition) is 3. The monoisotopic (exact) mass is 321 g/mol. The maximum atomic E-state index is 12.3. The van der Waals surface area contributed by atoms with Crippen molar-refractivity contribution >= 4 is 11.6 Å². The molecule has 2 N–H and O–H groups in total. The predicted octanol–water partition coefficient (Wildman–Crippen LogP) is 3.21. The van der Waals surface area contributed by atoms with Crippen LogP contribution in [0.4, 0.5) is 5.69 Å². The van der Waals surface area contributed by atoms with Gasteiger partial charge in [0.1, 0.15) is 0 Å². The van der Waals surface area contributed by atoms with Gasteiger partial charge in [-0.15, -0.1) is 0 Å². The molecular formula is C20H23N3O. The van der Waals surface area contributed by atoms with Crippen LogP contribution in [0.25, 0.3) is 0 Å². The van der Waals surface area contributed by atoms with Crippen molar-refractivity contribution in [2.45, 2.75) is 18.5 Å². The van der Waals surface area contributed by atoms with E-state index in [1.165, 1.54) is 11.1 Å². The fourth-order valence-corrected chi connectivity index (χ4v) is 4.03. The van der Waals surface area contributed by atoms with Crippen LogP contribution in [0.3, 0.4) is 0 Å². The molecule has 2 aromatic carbocycles. The summed E-state index contributed by atoms with van der Waals surface area (Å²) in [6.07, 6.45) is 1.14. The zero-order valence-electron chi connectivity index (χ0n) is 14.1. The number of amides is 1. The van der Waals surface area contributed by atoms with Crippen LogP contribution in [0, 0.1) is 5.92 Å². The molecule has 1 saturated heterocycles. The molecule has 1 unspecified atom stereocenters. The van der Waals surface area contributed by atoms with Crippen molar-refractivity contribution < 1.29 is 4.79 Å². The average Bonchev–Trinajstić information content (AvgIpc) is 3.10. The summed E-state index contributed by atoms with van der Waals surface area (Å²) in [7, 11) is 3.59. The lowest BCUT2D eigenvalue weighted by atomic mass is 9.80. The molecule has 0 saturated carbocycles. The smallest absolute Gasteiger partial charge is 0.253 e.